The second-order valence-electron chi connectivity index (χ2n) is 4.18. The van der Waals surface area contributed by atoms with Crippen LogP contribution in [0, 0.1) is 5.92 Å². The highest BCUT2D eigenvalue weighted by Gasteiger charge is 2.27. The maximum Gasteiger partial charge on any atom is 0.112 e. The van der Waals surface area contributed by atoms with E-state index in [0.717, 1.165) is 25.2 Å². The van der Waals surface area contributed by atoms with E-state index >= 15 is 0 Å². The first kappa shape index (κ1) is 14.6. The van der Waals surface area contributed by atoms with Crippen LogP contribution >= 0.6 is 46.9 Å². The Morgan fingerprint density at radius 3 is 2.62 bits per heavy atom. The molecule has 2 rings (SSSR count). The summed E-state index contributed by atoms with van der Waals surface area (Å²) in [6.07, 6.45) is 0. The average molecular weight is 302 g/mol. The molecule has 6 heteroatoms. The predicted octanol–water partition coefficient (Wildman–Crippen LogP) is 3.26. The first-order valence-electron chi connectivity index (χ1n) is 4.97. The van der Waals surface area contributed by atoms with Gasteiger partial charge in [0.1, 0.15) is 4.34 Å². The maximum absolute atomic E-state index is 6.08. The lowest BCUT2D eigenvalue weighted by molar-refractivity contribution is 0.319. The van der Waals surface area contributed by atoms with Gasteiger partial charge < -0.3 is 5.73 Å². The van der Waals surface area contributed by atoms with Crippen molar-refractivity contribution in [1.82, 2.24) is 4.90 Å². The Bertz CT molecular complexity index is 346. The Kier molecular flexibility index (Phi) is 5.36. The number of halogens is 3. The van der Waals surface area contributed by atoms with E-state index in [1.54, 1.807) is 0 Å². The molecule has 16 heavy (non-hydrogen) atoms. The smallest absolute Gasteiger partial charge is 0.112 e. The largest absolute Gasteiger partial charge is 0.326 e. The zero-order valence-electron chi connectivity index (χ0n) is 8.95. The van der Waals surface area contributed by atoms with E-state index in [1.807, 2.05) is 5.38 Å². The number of likely N-dealkylation sites (tertiary alicyclic amines) is 1. The third kappa shape index (κ3) is 3.03. The second kappa shape index (κ2) is 5.89. The van der Waals surface area contributed by atoms with Crippen LogP contribution < -0.4 is 5.73 Å². The molecular weight excluding hydrogens is 287 g/mol. The van der Waals surface area contributed by atoms with Gasteiger partial charge in [0, 0.05) is 25.7 Å². The van der Waals surface area contributed by atoms with E-state index in [1.165, 1.54) is 11.3 Å². The Morgan fingerprint density at radius 1 is 1.50 bits per heavy atom. The number of nitrogens with two attached hydrogens (primary N) is 1. The predicted molar refractivity (Wildman–Crippen MR) is 74.0 cm³/mol. The molecule has 1 aliphatic heterocycles. The molecule has 2 heterocycles. The lowest BCUT2D eigenvalue weighted by atomic mass is 10.1. The van der Waals surface area contributed by atoms with Crippen LogP contribution in [0.25, 0.3) is 0 Å². The average Bonchev–Trinajstić information content (AvgIpc) is 2.65. The van der Waals surface area contributed by atoms with Crippen molar-refractivity contribution in [3.63, 3.8) is 0 Å². The van der Waals surface area contributed by atoms with Crippen molar-refractivity contribution in [2.24, 2.45) is 11.7 Å². The van der Waals surface area contributed by atoms with Gasteiger partial charge in [0.2, 0.25) is 0 Å². The van der Waals surface area contributed by atoms with Gasteiger partial charge in [-0.1, -0.05) is 30.1 Å². The first-order chi connectivity index (χ1) is 7.08. The fourth-order valence-electron chi connectivity index (χ4n) is 1.92. The topological polar surface area (TPSA) is 29.3 Å². The van der Waals surface area contributed by atoms with Crippen molar-refractivity contribution < 1.29 is 0 Å². The Hall–Kier alpha value is 0.490. The molecule has 0 saturated carbocycles. The summed E-state index contributed by atoms with van der Waals surface area (Å²) in [5, 5.41) is 2.73. The van der Waals surface area contributed by atoms with Gasteiger partial charge in [-0.25, -0.2) is 0 Å². The van der Waals surface area contributed by atoms with E-state index in [-0.39, 0.29) is 18.4 Å². The molecule has 1 aromatic heterocycles. The molecule has 0 bridgehead atoms. The maximum atomic E-state index is 6.08. The van der Waals surface area contributed by atoms with Crippen LogP contribution in [-0.2, 0) is 6.54 Å². The summed E-state index contributed by atoms with van der Waals surface area (Å²) >= 11 is 13.5. The van der Waals surface area contributed by atoms with Gasteiger partial charge in [-0.2, -0.15) is 0 Å². The van der Waals surface area contributed by atoms with Crippen LogP contribution in [0.5, 0.6) is 0 Å². The van der Waals surface area contributed by atoms with Crippen LogP contribution in [0.2, 0.25) is 9.36 Å². The molecule has 1 fully saturated rings. The van der Waals surface area contributed by atoms with Crippen molar-refractivity contribution in [3.8, 4) is 0 Å². The minimum Gasteiger partial charge on any atom is -0.326 e. The minimum atomic E-state index is 0. The lowest BCUT2D eigenvalue weighted by Gasteiger charge is -2.14. The minimum absolute atomic E-state index is 0. The Morgan fingerprint density at radius 2 is 2.19 bits per heavy atom. The van der Waals surface area contributed by atoms with Crippen LogP contribution in [0.15, 0.2) is 5.38 Å². The summed E-state index contributed by atoms with van der Waals surface area (Å²) in [5.74, 6) is 0.567. The summed E-state index contributed by atoms with van der Waals surface area (Å²) in [4.78, 5) is 2.33. The SMILES string of the molecule is CC1CN(Cc2csc(Cl)c2Cl)CC1N.Cl. The van der Waals surface area contributed by atoms with E-state index in [2.05, 4.69) is 11.8 Å². The number of thiophene rings is 1. The van der Waals surface area contributed by atoms with Gasteiger partial charge in [-0.3, -0.25) is 4.90 Å². The number of hydrogen-bond donors (Lipinski definition) is 1. The molecule has 2 unspecified atom stereocenters. The number of nitrogens with zero attached hydrogens (tertiary/aromatic N) is 1. The molecule has 0 spiro atoms. The molecule has 0 radical (unpaired) electrons. The molecule has 0 aliphatic carbocycles. The highest BCUT2D eigenvalue weighted by atomic mass is 35.5. The molecule has 0 aromatic carbocycles. The fraction of sp³-hybridized carbons (Fsp3) is 0.600. The summed E-state index contributed by atoms with van der Waals surface area (Å²) in [6.45, 7) is 5.04. The second-order valence-corrected chi connectivity index (χ2v) is 6.04. The zero-order chi connectivity index (χ0) is 11.0. The summed E-state index contributed by atoms with van der Waals surface area (Å²) in [5.41, 5.74) is 7.09. The van der Waals surface area contributed by atoms with Gasteiger partial charge in [0.15, 0.2) is 0 Å². The summed E-state index contributed by atoms with van der Waals surface area (Å²) < 4.78 is 0.684. The molecule has 2 nitrogen and oxygen atoms in total. The van der Waals surface area contributed by atoms with E-state index < -0.39 is 0 Å². The van der Waals surface area contributed by atoms with E-state index in [9.17, 15) is 0 Å². The van der Waals surface area contributed by atoms with Gasteiger partial charge in [-0.05, 0) is 16.9 Å². The molecule has 1 aromatic rings. The number of hydrogen-bond acceptors (Lipinski definition) is 3. The standard InChI is InChI=1S/C10H14Cl2N2S.ClH/c1-6-2-14(4-8(6)13)3-7-5-15-10(12)9(7)11;/h5-6,8H,2-4,13H2,1H3;1H. The van der Waals surface area contributed by atoms with Crippen LogP contribution in [0.1, 0.15) is 12.5 Å². The monoisotopic (exact) mass is 300 g/mol. The third-order valence-electron chi connectivity index (χ3n) is 2.90. The molecule has 2 N–H and O–H groups in total. The Balaban J connectivity index is 0.00000128. The van der Waals surface area contributed by atoms with Gasteiger partial charge in [0.25, 0.3) is 0 Å². The molecule has 92 valence electrons. The van der Waals surface area contributed by atoms with E-state index in [4.69, 9.17) is 28.9 Å². The van der Waals surface area contributed by atoms with Gasteiger partial charge >= 0.3 is 0 Å². The third-order valence-corrected chi connectivity index (χ3v) is 4.81. The quantitative estimate of drug-likeness (QED) is 0.908. The highest BCUT2D eigenvalue weighted by Crippen LogP contribution is 2.33. The summed E-state index contributed by atoms with van der Waals surface area (Å²) in [7, 11) is 0. The molecule has 0 amide bonds. The van der Waals surface area contributed by atoms with Crippen LogP contribution in [-0.4, -0.2) is 24.0 Å². The van der Waals surface area contributed by atoms with Crippen molar-refractivity contribution >= 4 is 46.9 Å². The van der Waals surface area contributed by atoms with Crippen molar-refractivity contribution in [2.45, 2.75) is 19.5 Å². The van der Waals surface area contributed by atoms with Crippen molar-refractivity contribution in [2.75, 3.05) is 13.1 Å². The molecule has 1 aliphatic rings. The van der Waals surface area contributed by atoms with Crippen LogP contribution in [0.4, 0.5) is 0 Å². The fourth-order valence-corrected chi connectivity index (χ4v) is 3.16. The zero-order valence-corrected chi connectivity index (χ0v) is 12.1. The summed E-state index contributed by atoms with van der Waals surface area (Å²) in [6, 6.07) is 0.290. The number of rotatable bonds is 2. The van der Waals surface area contributed by atoms with Crippen molar-refractivity contribution in [1.29, 1.82) is 0 Å². The van der Waals surface area contributed by atoms with Gasteiger partial charge in [0.05, 0.1) is 5.02 Å². The van der Waals surface area contributed by atoms with E-state index in [0.29, 0.717) is 15.3 Å². The first-order valence-corrected chi connectivity index (χ1v) is 6.60. The molecule has 2 atom stereocenters. The van der Waals surface area contributed by atoms with Crippen molar-refractivity contribution in [3.05, 3.63) is 20.3 Å². The van der Waals surface area contributed by atoms with Gasteiger partial charge in [-0.15, -0.1) is 23.7 Å². The normalized spacial score (nSPS) is 25.8. The Labute approximate surface area is 116 Å². The lowest BCUT2D eigenvalue weighted by Crippen LogP contribution is -2.28. The van der Waals surface area contributed by atoms with Crippen LogP contribution in [0.3, 0.4) is 0 Å². The highest BCUT2D eigenvalue weighted by molar-refractivity contribution is 7.15. The molecular formula is C10H15Cl3N2S. The molecule has 1 saturated heterocycles.